The van der Waals surface area contributed by atoms with Gasteiger partial charge in [-0.2, -0.15) is 0 Å². The fourth-order valence-electron chi connectivity index (χ4n) is 1.05. The lowest BCUT2D eigenvalue weighted by atomic mass is 9.93. The van der Waals surface area contributed by atoms with Crippen molar-refractivity contribution >= 4 is 11.7 Å². The molecule has 16 heavy (non-hydrogen) atoms. The Hall–Kier alpha value is -1.45. The van der Waals surface area contributed by atoms with Crippen LogP contribution >= 0.6 is 0 Å². The number of amides is 1. The normalized spacial score (nSPS) is 11.6. The van der Waals surface area contributed by atoms with Gasteiger partial charge < -0.3 is 5.32 Å². The lowest BCUT2D eigenvalue weighted by Crippen LogP contribution is -2.20. The van der Waals surface area contributed by atoms with E-state index in [4.69, 9.17) is 0 Å². The molecule has 0 bridgehead atoms. The van der Waals surface area contributed by atoms with E-state index in [1.807, 2.05) is 13.8 Å². The van der Waals surface area contributed by atoms with Gasteiger partial charge in [0.2, 0.25) is 5.91 Å². The number of anilines is 1. The minimum absolute atomic E-state index is 0.0203. The van der Waals surface area contributed by atoms with Gasteiger partial charge in [0.1, 0.15) is 0 Å². The Morgan fingerprint density at radius 3 is 2.25 bits per heavy atom. The first-order valence-electron chi connectivity index (χ1n) is 5.44. The quantitative estimate of drug-likeness (QED) is 0.834. The first-order chi connectivity index (χ1) is 7.30. The summed E-state index contributed by atoms with van der Waals surface area (Å²) >= 11 is 0. The van der Waals surface area contributed by atoms with Crippen molar-refractivity contribution in [1.82, 2.24) is 9.97 Å². The molecule has 1 N–H and O–H groups in total. The van der Waals surface area contributed by atoms with Crippen molar-refractivity contribution in [1.29, 1.82) is 0 Å². The van der Waals surface area contributed by atoms with Crippen molar-refractivity contribution in [2.24, 2.45) is 5.92 Å². The van der Waals surface area contributed by atoms with Crippen molar-refractivity contribution in [3.8, 4) is 0 Å². The van der Waals surface area contributed by atoms with Crippen LogP contribution in [0.25, 0.3) is 0 Å². The molecule has 0 aliphatic carbocycles. The van der Waals surface area contributed by atoms with Crippen LogP contribution in [0.3, 0.4) is 0 Å². The third kappa shape index (κ3) is 3.29. The van der Waals surface area contributed by atoms with Gasteiger partial charge in [0.05, 0.1) is 18.1 Å². The Morgan fingerprint density at radius 2 is 1.88 bits per heavy atom. The summed E-state index contributed by atoms with van der Waals surface area (Å²) in [7, 11) is 0. The minimum atomic E-state index is -0.0518. The smallest absolute Gasteiger partial charge is 0.228 e. The topological polar surface area (TPSA) is 54.9 Å². The standard InChI is InChI=1S/C12H19N3O/c1-8(2)11(16)15-10-7-13-9(6-14-10)12(3,4)5/h6-8H,1-5H3,(H,14,15,16). The largest absolute Gasteiger partial charge is 0.309 e. The van der Waals surface area contributed by atoms with E-state index in [-0.39, 0.29) is 17.2 Å². The first kappa shape index (κ1) is 12.6. The Kier molecular flexibility index (Phi) is 3.62. The predicted molar refractivity (Wildman–Crippen MR) is 64.2 cm³/mol. The van der Waals surface area contributed by atoms with Gasteiger partial charge in [-0.05, 0) is 0 Å². The Bertz CT molecular complexity index is 363. The molecule has 0 unspecified atom stereocenters. The maximum atomic E-state index is 11.4. The highest BCUT2D eigenvalue weighted by Gasteiger charge is 2.16. The van der Waals surface area contributed by atoms with Gasteiger partial charge in [-0.15, -0.1) is 0 Å². The predicted octanol–water partition coefficient (Wildman–Crippen LogP) is 2.37. The second-order valence-corrected chi connectivity index (χ2v) is 5.18. The second kappa shape index (κ2) is 4.60. The van der Waals surface area contributed by atoms with Crippen LogP contribution in [-0.2, 0) is 10.2 Å². The van der Waals surface area contributed by atoms with Crippen LogP contribution in [0.1, 0.15) is 40.3 Å². The molecule has 0 fully saturated rings. The molecule has 4 nitrogen and oxygen atoms in total. The molecular weight excluding hydrogens is 202 g/mol. The molecule has 88 valence electrons. The summed E-state index contributed by atoms with van der Waals surface area (Å²) < 4.78 is 0. The zero-order valence-corrected chi connectivity index (χ0v) is 10.5. The molecule has 1 rings (SSSR count). The summed E-state index contributed by atoms with van der Waals surface area (Å²) in [6.45, 7) is 9.90. The number of nitrogens with one attached hydrogen (secondary N) is 1. The molecule has 0 atom stereocenters. The molecule has 1 aromatic rings. The Balaban J connectivity index is 2.76. The van der Waals surface area contributed by atoms with E-state index in [0.717, 1.165) is 5.69 Å². The van der Waals surface area contributed by atoms with Gasteiger partial charge in [0, 0.05) is 11.3 Å². The van der Waals surface area contributed by atoms with E-state index in [1.165, 1.54) is 0 Å². The fourth-order valence-corrected chi connectivity index (χ4v) is 1.05. The maximum absolute atomic E-state index is 11.4. The van der Waals surface area contributed by atoms with E-state index in [0.29, 0.717) is 5.82 Å². The number of aromatic nitrogens is 2. The summed E-state index contributed by atoms with van der Waals surface area (Å²) in [5.74, 6) is 0.411. The van der Waals surface area contributed by atoms with E-state index >= 15 is 0 Å². The molecule has 0 aliphatic rings. The Morgan fingerprint density at radius 1 is 1.25 bits per heavy atom. The number of carbonyl (C=O) groups excluding carboxylic acids is 1. The zero-order chi connectivity index (χ0) is 12.3. The molecule has 0 saturated heterocycles. The van der Waals surface area contributed by atoms with Gasteiger partial charge >= 0.3 is 0 Å². The summed E-state index contributed by atoms with van der Waals surface area (Å²) in [5, 5.41) is 2.71. The van der Waals surface area contributed by atoms with E-state index in [1.54, 1.807) is 12.4 Å². The highest BCUT2D eigenvalue weighted by molar-refractivity contribution is 5.90. The molecule has 1 aromatic heterocycles. The van der Waals surface area contributed by atoms with Crippen LogP contribution in [0.15, 0.2) is 12.4 Å². The molecule has 0 aliphatic heterocycles. The first-order valence-corrected chi connectivity index (χ1v) is 5.44. The van der Waals surface area contributed by atoms with Crippen LogP contribution in [0, 0.1) is 5.92 Å². The second-order valence-electron chi connectivity index (χ2n) is 5.18. The summed E-state index contributed by atoms with van der Waals surface area (Å²) in [6, 6.07) is 0. The van der Waals surface area contributed by atoms with Crippen molar-refractivity contribution in [3.63, 3.8) is 0 Å². The average Bonchev–Trinajstić information content (AvgIpc) is 2.17. The fraction of sp³-hybridized carbons (Fsp3) is 0.583. The van der Waals surface area contributed by atoms with Crippen molar-refractivity contribution in [2.75, 3.05) is 5.32 Å². The third-order valence-corrected chi connectivity index (χ3v) is 2.20. The van der Waals surface area contributed by atoms with E-state index in [2.05, 4.69) is 36.1 Å². The Labute approximate surface area is 96.5 Å². The van der Waals surface area contributed by atoms with Crippen LogP contribution in [-0.4, -0.2) is 15.9 Å². The number of nitrogens with zero attached hydrogens (tertiary/aromatic N) is 2. The molecule has 0 spiro atoms. The maximum Gasteiger partial charge on any atom is 0.228 e. The van der Waals surface area contributed by atoms with E-state index in [9.17, 15) is 4.79 Å². The molecule has 0 radical (unpaired) electrons. The lowest BCUT2D eigenvalue weighted by Gasteiger charge is -2.17. The van der Waals surface area contributed by atoms with Gasteiger partial charge in [0.15, 0.2) is 5.82 Å². The zero-order valence-electron chi connectivity index (χ0n) is 10.5. The number of carbonyl (C=O) groups is 1. The van der Waals surface area contributed by atoms with Gasteiger partial charge in [-0.25, -0.2) is 4.98 Å². The molecule has 4 heteroatoms. The third-order valence-electron chi connectivity index (χ3n) is 2.20. The van der Waals surface area contributed by atoms with Crippen LogP contribution < -0.4 is 5.32 Å². The summed E-state index contributed by atoms with van der Waals surface area (Å²) in [4.78, 5) is 19.9. The highest BCUT2D eigenvalue weighted by atomic mass is 16.1. The van der Waals surface area contributed by atoms with Crippen molar-refractivity contribution in [3.05, 3.63) is 18.1 Å². The number of rotatable bonds is 2. The minimum Gasteiger partial charge on any atom is -0.309 e. The molecule has 1 amide bonds. The van der Waals surface area contributed by atoms with Crippen molar-refractivity contribution in [2.45, 2.75) is 40.0 Å². The van der Waals surface area contributed by atoms with Crippen LogP contribution in [0.5, 0.6) is 0 Å². The molecule has 0 aromatic carbocycles. The summed E-state index contributed by atoms with van der Waals surface area (Å²) in [5.41, 5.74) is 0.892. The number of hydrogen-bond donors (Lipinski definition) is 1. The van der Waals surface area contributed by atoms with E-state index < -0.39 is 0 Å². The van der Waals surface area contributed by atoms with Gasteiger partial charge in [0.25, 0.3) is 0 Å². The SMILES string of the molecule is CC(C)C(=O)Nc1cnc(C(C)(C)C)cn1. The van der Waals surface area contributed by atoms with Crippen molar-refractivity contribution < 1.29 is 4.79 Å². The van der Waals surface area contributed by atoms with Crippen LogP contribution in [0.2, 0.25) is 0 Å². The number of hydrogen-bond acceptors (Lipinski definition) is 3. The monoisotopic (exact) mass is 221 g/mol. The summed E-state index contributed by atoms with van der Waals surface area (Å²) in [6.07, 6.45) is 3.30. The van der Waals surface area contributed by atoms with Gasteiger partial charge in [-0.3, -0.25) is 9.78 Å². The molecule has 0 saturated carbocycles. The average molecular weight is 221 g/mol. The molecule has 1 heterocycles. The molecular formula is C12H19N3O. The lowest BCUT2D eigenvalue weighted by molar-refractivity contribution is -0.118. The van der Waals surface area contributed by atoms with Gasteiger partial charge in [-0.1, -0.05) is 34.6 Å². The van der Waals surface area contributed by atoms with Crippen LogP contribution in [0.4, 0.5) is 5.82 Å². The highest BCUT2D eigenvalue weighted by Crippen LogP contribution is 2.19.